The highest BCUT2D eigenvalue weighted by molar-refractivity contribution is 5.36. The van der Waals surface area contributed by atoms with Crippen molar-refractivity contribution in [3.63, 3.8) is 0 Å². The highest BCUT2D eigenvalue weighted by Crippen LogP contribution is 2.27. The molecule has 0 aliphatic carbocycles. The second-order valence-electron chi connectivity index (χ2n) is 6.03. The van der Waals surface area contributed by atoms with E-state index in [2.05, 4.69) is 26.0 Å². The van der Waals surface area contributed by atoms with Gasteiger partial charge in [0.25, 0.3) is 0 Å². The number of aliphatic hydroxyl groups is 1. The Morgan fingerprint density at radius 1 is 1.05 bits per heavy atom. The second kappa shape index (κ2) is 5.78. The Balaban J connectivity index is 2.33. The van der Waals surface area contributed by atoms with Gasteiger partial charge in [0.15, 0.2) is 0 Å². The van der Waals surface area contributed by atoms with Gasteiger partial charge in [0.1, 0.15) is 6.10 Å². The molecular weight excluding hydrogens is 246 g/mol. The minimum absolute atomic E-state index is 0.0804. The van der Waals surface area contributed by atoms with E-state index in [1.54, 1.807) is 0 Å². The van der Waals surface area contributed by atoms with Crippen LogP contribution < -0.4 is 5.73 Å². The Hall–Kier alpha value is -1.64. The van der Waals surface area contributed by atoms with Gasteiger partial charge in [-0.15, -0.1) is 0 Å². The van der Waals surface area contributed by atoms with Gasteiger partial charge in [-0.1, -0.05) is 67.9 Å². The predicted octanol–water partition coefficient (Wildman–Crippen LogP) is 3.31. The van der Waals surface area contributed by atoms with Crippen LogP contribution in [0.25, 0.3) is 0 Å². The standard InChI is InChI=1S/C18H23NO/c1-13-7-9-14(10-8-13)17(20)15-5-4-6-16(11-15)18(2,3)12-19/h4-11,17,20H,12,19H2,1-3H3. The summed E-state index contributed by atoms with van der Waals surface area (Å²) in [5.74, 6) is 0. The summed E-state index contributed by atoms with van der Waals surface area (Å²) in [6, 6.07) is 16.1. The maximum atomic E-state index is 10.5. The maximum Gasteiger partial charge on any atom is 0.104 e. The summed E-state index contributed by atoms with van der Waals surface area (Å²) in [6.07, 6.45) is -0.593. The summed E-state index contributed by atoms with van der Waals surface area (Å²) in [4.78, 5) is 0. The number of aryl methyl sites for hydroxylation is 1. The molecule has 0 spiro atoms. The number of nitrogens with two attached hydrogens (primary N) is 1. The molecule has 0 aliphatic heterocycles. The molecule has 2 aromatic rings. The molecule has 3 N–H and O–H groups in total. The Labute approximate surface area is 121 Å². The van der Waals surface area contributed by atoms with Gasteiger partial charge >= 0.3 is 0 Å². The van der Waals surface area contributed by atoms with Crippen LogP contribution >= 0.6 is 0 Å². The van der Waals surface area contributed by atoms with Gasteiger partial charge in [-0.05, 0) is 23.6 Å². The molecule has 0 fully saturated rings. The molecule has 0 aromatic heterocycles. The van der Waals surface area contributed by atoms with Crippen molar-refractivity contribution in [1.82, 2.24) is 0 Å². The molecule has 2 rings (SSSR count). The molecule has 2 aromatic carbocycles. The van der Waals surface area contributed by atoms with Crippen LogP contribution in [0.5, 0.6) is 0 Å². The molecular formula is C18H23NO. The summed E-state index contributed by atoms with van der Waals surface area (Å²) in [5, 5.41) is 10.5. The molecule has 20 heavy (non-hydrogen) atoms. The predicted molar refractivity (Wildman–Crippen MR) is 83.8 cm³/mol. The van der Waals surface area contributed by atoms with E-state index in [1.807, 2.05) is 43.3 Å². The Morgan fingerprint density at radius 3 is 2.30 bits per heavy atom. The van der Waals surface area contributed by atoms with Crippen molar-refractivity contribution in [1.29, 1.82) is 0 Å². The van der Waals surface area contributed by atoms with E-state index in [9.17, 15) is 5.11 Å². The fraction of sp³-hybridized carbons (Fsp3) is 0.333. The molecule has 0 radical (unpaired) electrons. The van der Waals surface area contributed by atoms with E-state index >= 15 is 0 Å². The van der Waals surface area contributed by atoms with E-state index in [-0.39, 0.29) is 5.41 Å². The van der Waals surface area contributed by atoms with Crippen molar-refractivity contribution < 1.29 is 5.11 Å². The number of hydrogen-bond donors (Lipinski definition) is 2. The zero-order valence-corrected chi connectivity index (χ0v) is 12.4. The first-order chi connectivity index (χ1) is 9.44. The van der Waals surface area contributed by atoms with Gasteiger partial charge in [0, 0.05) is 12.0 Å². The first kappa shape index (κ1) is 14.8. The molecule has 2 heteroatoms. The molecule has 0 amide bonds. The van der Waals surface area contributed by atoms with Crippen LogP contribution in [0.4, 0.5) is 0 Å². The van der Waals surface area contributed by atoms with E-state index in [0.29, 0.717) is 6.54 Å². The third-order valence-corrected chi connectivity index (χ3v) is 3.89. The fourth-order valence-corrected chi connectivity index (χ4v) is 2.19. The van der Waals surface area contributed by atoms with Crippen molar-refractivity contribution in [3.05, 3.63) is 70.8 Å². The van der Waals surface area contributed by atoms with E-state index in [0.717, 1.165) is 16.7 Å². The average molecular weight is 269 g/mol. The van der Waals surface area contributed by atoms with E-state index in [4.69, 9.17) is 5.73 Å². The minimum atomic E-state index is -0.593. The summed E-state index contributed by atoms with van der Waals surface area (Å²) in [6.45, 7) is 6.85. The van der Waals surface area contributed by atoms with Crippen molar-refractivity contribution in [2.75, 3.05) is 6.54 Å². The smallest absolute Gasteiger partial charge is 0.104 e. The van der Waals surface area contributed by atoms with Gasteiger partial charge in [0.2, 0.25) is 0 Å². The summed E-state index contributed by atoms with van der Waals surface area (Å²) >= 11 is 0. The Bertz CT molecular complexity index is 572. The number of benzene rings is 2. The lowest BCUT2D eigenvalue weighted by molar-refractivity contribution is 0.220. The Morgan fingerprint density at radius 2 is 1.70 bits per heavy atom. The fourth-order valence-electron chi connectivity index (χ4n) is 2.19. The van der Waals surface area contributed by atoms with Gasteiger partial charge < -0.3 is 10.8 Å². The maximum absolute atomic E-state index is 10.5. The van der Waals surface area contributed by atoms with Crippen molar-refractivity contribution in [2.24, 2.45) is 5.73 Å². The van der Waals surface area contributed by atoms with Crippen LogP contribution in [0.1, 0.15) is 42.2 Å². The van der Waals surface area contributed by atoms with E-state index < -0.39 is 6.10 Å². The van der Waals surface area contributed by atoms with Gasteiger partial charge in [-0.25, -0.2) is 0 Å². The number of hydrogen-bond acceptors (Lipinski definition) is 2. The molecule has 106 valence electrons. The second-order valence-corrected chi connectivity index (χ2v) is 6.03. The van der Waals surface area contributed by atoms with E-state index in [1.165, 1.54) is 5.56 Å². The average Bonchev–Trinajstić information content (AvgIpc) is 2.47. The zero-order valence-electron chi connectivity index (χ0n) is 12.4. The third kappa shape index (κ3) is 3.09. The molecule has 0 aliphatic rings. The van der Waals surface area contributed by atoms with Crippen LogP contribution in [0.15, 0.2) is 48.5 Å². The number of aliphatic hydroxyl groups excluding tert-OH is 1. The molecule has 1 unspecified atom stereocenters. The normalized spacial score (nSPS) is 13.2. The van der Waals surface area contributed by atoms with Crippen molar-refractivity contribution in [3.8, 4) is 0 Å². The highest BCUT2D eigenvalue weighted by atomic mass is 16.3. The third-order valence-electron chi connectivity index (χ3n) is 3.89. The monoisotopic (exact) mass is 269 g/mol. The number of rotatable bonds is 4. The van der Waals surface area contributed by atoms with Gasteiger partial charge in [-0.3, -0.25) is 0 Å². The lowest BCUT2D eigenvalue weighted by Gasteiger charge is -2.24. The van der Waals surface area contributed by atoms with Crippen LogP contribution in [0, 0.1) is 6.92 Å². The lowest BCUT2D eigenvalue weighted by atomic mass is 9.83. The van der Waals surface area contributed by atoms with Crippen molar-refractivity contribution in [2.45, 2.75) is 32.3 Å². The molecule has 0 heterocycles. The van der Waals surface area contributed by atoms with Crippen LogP contribution in [-0.2, 0) is 5.41 Å². The topological polar surface area (TPSA) is 46.2 Å². The molecule has 0 saturated heterocycles. The Kier molecular flexibility index (Phi) is 4.26. The molecule has 2 nitrogen and oxygen atoms in total. The summed E-state index contributed by atoms with van der Waals surface area (Å²) in [7, 11) is 0. The minimum Gasteiger partial charge on any atom is -0.384 e. The quantitative estimate of drug-likeness (QED) is 0.894. The van der Waals surface area contributed by atoms with Crippen LogP contribution in [0.3, 0.4) is 0 Å². The van der Waals surface area contributed by atoms with Crippen LogP contribution in [-0.4, -0.2) is 11.7 Å². The SMILES string of the molecule is Cc1ccc(C(O)c2cccc(C(C)(C)CN)c2)cc1. The molecule has 1 atom stereocenters. The zero-order chi connectivity index (χ0) is 14.8. The first-order valence-electron chi connectivity index (χ1n) is 6.99. The van der Waals surface area contributed by atoms with Gasteiger partial charge in [0.05, 0.1) is 0 Å². The largest absolute Gasteiger partial charge is 0.384 e. The molecule has 0 bridgehead atoms. The van der Waals surface area contributed by atoms with Gasteiger partial charge in [-0.2, -0.15) is 0 Å². The summed E-state index contributed by atoms with van der Waals surface area (Å²) in [5.41, 5.74) is 9.92. The first-order valence-corrected chi connectivity index (χ1v) is 6.99. The highest BCUT2D eigenvalue weighted by Gasteiger charge is 2.20. The molecule has 0 saturated carbocycles. The van der Waals surface area contributed by atoms with Crippen molar-refractivity contribution >= 4 is 0 Å². The lowest BCUT2D eigenvalue weighted by Crippen LogP contribution is -2.28. The van der Waals surface area contributed by atoms with Crippen LogP contribution in [0.2, 0.25) is 0 Å². The summed E-state index contributed by atoms with van der Waals surface area (Å²) < 4.78 is 0.